The van der Waals surface area contributed by atoms with E-state index in [-0.39, 0.29) is 30.6 Å². The van der Waals surface area contributed by atoms with Crippen molar-refractivity contribution in [3.05, 3.63) is 52.9 Å². The van der Waals surface area contributed by atoms with E-state index >= 15 is 0 Å². The molecule has 0 radical (unpaired) electrons. The molecular formula is C25H30F2N6O3. The zero-order valence-electron chi connectivity index (χ0n) is 19.9. The van der Waals surface area contributed by atoms with E-state index in [2.05, 4.69) is 15.3 Å². The molecule has 36 heavy (non-hydrogen) atoms. The number of carbonyl (C=O) groups excluding carboxylic acids is 1. The number of benzene rings is 1. The number of rotatable bonds is 4. The molecule has 3 N–H and O–H groups in total. The predicted molar refractivity (Wildman–Crippen MR) is 126 cm³/mol. The van der Waals surface area contributed by atoms with Crippen LogP contribution in [-0.2, 0) is 24.4 Å². The third kappa shape index (κ3) is 4.91. The number of amides is 2. The van der Waals surface area contributed by atoms with Gasteiger partial charge in [-0.15, -0.1) is 0 Å². The third-order valence-electron chi connectivity index (χ3n) is 7.49. The van der Waals surface area contributed by atoms with Crippen LogP contribution in [0.25, 0.3) is 0 Å². The van der Waals surface area contributed by atoms with E-state index < -0.39 is 17.6 Å². The fourth-order valence-corrected chi connectivity index (χ4v) is 5.83. The summed E-state index contributed by atoms with van der Waals surface area (Å²) < 4.78 is 28.7. The number of hydrogen-bond donors (Lipinski definition) is 3. The zero-order chi connectivity index (χ0) is 25.4. The second kappa shape index (κ2) is 9.87. The molecule has 192 valence electrons. The minimum Gasteiger partial charge on any atom is -0.481 e. The van der Waals surface area contributed by atoms with Gasteiger partial charge in [-0.3, -0.25) is 14.9 Å². The molecule has 1 aromatic carbocycles. The van der Waals surface area contributed by atoms with Crippen LogP contribution in [0.5, 0.6) is 0 Å². The van der Waals surface area contributed by atoms with Gasteiger partial charge in [0, 0.05) is 37.8 Å². The number of carboxylic acids is 1. The van der Waals surface area contributed by atoms with Gasteiger partial charge in [0.1, 0.15) is 23.2 Å². The number of urea groups is 1. The maximum atomic E-state index is 13.4. The van der Waals surface area contributed by atoms with Crippen molar-refractivity contribution >= 4 is 17.8 Å². The summed E-state index contributed by atoms with van der Waals surface area (Å²) in [5.74, 6) is -2.18. The number of carbonyl (C=O) groups is 2. The average molecular weight is 501 g/mol. The summed E-state index contributed by atoms with van der Waals surface area (Å²) in [5, 5.41) is 25.8. The lowest BCUT2D eigenvalue weighted by Gasteiger charge is -2.49. The summed E-state index contributed by atoms with van der Waals surface area (Å²) in [4.78, 5) is 28.1. The molecular weight excluding hydrogens is 470 g/mol. The summed E-state index contributed by atoms with van der Waals surface area (Å²) >= 11 is 0. The van der Waals surface area contributed by atoms with E-state index in [1.54, 1.807) is 4.90 Å². The molecule has 5 rings (SSSR count). The number of aryl methyl sites for hydroxylation is 1. The van der Waals surface area contributed by atoms with E-state index in [4.69, 9.17) is 5.41 Å². The molecule has 0 spiro atoms. The van der Waals surface area contributed by atoms with E-state index in [1.807, 2.05) is 10.7 Å². The minimum absolute atomic E-state index is 0.00818. The van der Waals surface area contributed by atoms with Crippen molar-refractivity contribution in [2.75, 3.05) is 6.54 Å². The Morgan fingerprint density at radius 1 is 1.06 bits per heavy atom. The highest BCUT2D eigenvalue weighted by Crippen LogP contribution is 2.38. The zero-order valence-corrected chi connectivity index (χ0v) is 19.9. The maximum Gasteiger partial charge on any atom is 0.318 e. The van der Waals surface area contributed by atoms with Crippen LogP contribution in [0.3, 0.4) is 0 Å². The maximum absolute atomic E-state index is 13.4. The largest absolute Gasteiger partial charge is 0.481 e. The molecule has 2 aromatic rings. The standard InChI is InChI=1S/C25H30F2N6O3/c26-17-7-15(8-18(27)11-17)13-29-25(36)31-5-2-6-32-21(14-31)12-22(30-32)23(28)33-19-3-1-4-20(33)10-16(9-19)24(34)35/h7-8,11-12,16,19-20,28H,1-6,9-10,13-14H2,(H,29,36)(H,34,35). The fourth-order valence-electron chi connectivity index (χ4n) is 5.83. The Bertz CT molecular complexity index is 1150. The first-order valence-electron chi connectivity index (χ1n) is 12.4. The summed E-state index contributed by atoms with van der Waals surface area (Å²) in [6, 6.07) is 4.73. The van der Waals surface area contributed by atoms with Crippen molar-refractivity contribution < 1.29 is 23.5 Å². The first-order valence-corrected chi connectivity index (χ1v) is 12.4. The second-order valence-corrected chi connectivity index (χ2v) is 9.96. The van der Waals surface area contributed by atoms with Crippen molar-refractivity contribution in [1.29, 1.82) is 5.41 Å². The second-order valence-electron chi connectivity index (χ2n) is 9.96. The topological polar surface area (TPSA) is 115 Å². The number of piperidine rings is 2. The van der Waals surface area contributed by atoms with Gasteiger partial charge in [0.05, 0.1) is 18.2 Å². The van der Waals surface area contributed by atoms with E-state index in [0.29, 0.717) is 56.0 Å². The number of fused-ring (bicyclic) bond motifs is 3. The molecule has 9 nitrogen and oxygen atoms in total. The first-order chi connectivity index (χ1) is 17.3. The predicted octanol–water partition coefficient (Wildman–Crippen LogP) is 3.32. The van der Waals surface area contributed by atoms with Crippen LogP contribution < -0.4 is 5.32 Å². The van der Waals surface area contributed by atoms with Crippen LogP contribution in [0.4, 0.5) is 13.6 Å². The molecule has 2 amide bonds. The van der Waals surface area contributed by atoms with Crippen molar-refractivity contribution in [3.63, 3.8) is 0 Å². The monoisotopic (exact) mass is 500 g/mol. The number of nitrogens with one attached hydrogen (secondary N) is 2. The minimum atomic E-state index is -0.757. The quantitative estimate of drug-likeness (QED) is 0.440. The average Bonchev–Trinajstić information content (AvgIpc) is 3.11. The van der Waals surface area contributed by atoms with Gasteiger partial charge >= 0.3 is 12.0 Å². The Kier molecular flexibility index (Phi) is 6.63. The van der Waals surface area contributed by atoms with Crippen molar-refractivity contribution in [1.82, 2.24) is 24.9 Å². The molecule has 2 bridgehead atoms. The van der Waals surface area contributed by atoms with Crippen molar-refractivity contribution in [3.8, 4) is 0 Å². The molecule has 0 saturated carbocycles. The fraction of sp³-hybridized carbons (Fsp3) is 0.520. The van der Waals surface area contributed by atoms with E-state index in [1.165, 1.54) is 12.1 Å². The van der Waals surface area contributed by atoms with Crippen LogP contribution in [0, 0.1) is 23.0 Å². The van der Waals surface area contributed by atoms with E-state index in [9.17, 15) is 23.5 Å². The highest BCUT2D eigenvalue weighted by molar-refractivity contribution is 5.95. The van der Waals surface area contributed by atoms with Gasteiger partial charge in [-0.2, -0.15) is 5.10 Å². The molecule has 11 heteroatoms. The number of carboxylic acid groups (broad SMARTS) is 1. The normalized spacial score (nSPS) is 23.6. The van der Waals surface area contributed by atoms with Crippen LogP contribution >= 0.6 is 0 Å². The van der Waals surface area contributed by atoms with Crippen LogP contribution in [0.2, 0.25) is 0 Å². The molecule has 2 saturated heterocycles. The number of halogens is 2. The van der Waals surface area contributed by atoms with Gasteiger partial charge in [-0.25, -0.2) is 13.6 Å². The van der Waals surface area contributed by atoms with Crippen LogP contribution in [-0.4, -0.2) is 61.2 Å². The van der Waals surface area contributed by atoms with Crippen LogP contribution in [0.1, 0.15) is 55.5 Å². The van der Waals surface area contributed by atoms with Gasteiger partial charge in [-0.05, 0) is 62.3 Å². The van der Waals surface area contributed by atoms with Gasteiger partial charge in [0.2, 0.25) is 0 Å². The van der Waals surface area contributed by atoms with Crippen molar-refractivity contribution in [2.24, 2.45) is 5.92 Å². The number of aliphatic carboxylic acids is 1. The van der Waals surface area contributed by atoms with Gasteiger partial charge in [0.15, 0.2) is 0 Å². The summed E-state index contributed by atoms with van der Waals surface area (Å²) in [7, 11) is 0. The summed E-state index contributed by atoms with van der Waals surface area (Å²) in [6.45, 7) is 1.42. The molecule has 3 aliphatic heterocycles. The smallest absolute Gasteiger partial charge is 0.318 e. The number of amidine groups is 1. The van der Waals surface area contributed by atoms with E-state index in [0.717, 1.165) is 31.0 Å². The molecule has 3 aliphatic rings. The Labute approximate surface area is 207 Å². The number of nitrogens with zero attached hydrogens (tertiary/aromatic N) is 4. The highest BCUT2D eigenvalue weighted by Gasteiger charge is 2.42. The number of aromatic nitrogens is 2. The lowest BCUT2D eigenvalue weighted by Crippen LogP contribution is -2.55. The summed E-state index contributed by atoms with van der Waals surface area (Å²) in [5.41, 5.74) is 1.69. The van der Waals surface area contributed by atoms with Gasteiger partial charge < -0.3 is 20.2 Å². The Hall–Kier alpha value is -3.50. The molecule has 2 unspecified atom stereocenters. The molecule has 4 heterocycles. The molecule has 2 atom stereocenters. The lowest BCUT2D eigenvalue weighted by molar-refractivity contribution is -0.145. The number of hydrogen-bond acceptors (Lipinski definition) is 4. The lowest BCUT2D eigenvalue weighted by atomic mass is 9.78. The SMILES string of the molecule is N=C(c1cc2n(n1)CCCN(C(=O)NCc1cc(F)cc(F)c1)C2)N1C2CCCC1CC(C(=O)O)C2. The molecule has 1 aromatic heterocycles. The first kappa shape index (κ1) is 24.2. The van der Waals surface area contributed by atoms with Crippen molar-refractivity contribution in [2.45, 2.75) is 70.2 Å². The molecule has 2 fully saturated rings. The van der Waals surface area contributed by atoms with Gasteiger partial charge in [-0.1, -0.05) is 0 Å². The highest BCUT2D eigenvalue weighted by atomic mass is 19.1. The Balaban J connectivity index is 1.26. The van der Waals surface area contributed by atoms with Crippen LogP contribution in [0.15, 0.2) is 24.3 Å². The van der Waals surface area contributed by atoms with Gasteiger partial charge in [0.25, 0.3) is 0 Å². The Morgan fingerprint density at radius 2 is 1.75 bits per heavy atom. The third-order valence-corrected chi connectivity index (χ3v) is 7.49. The Morgan fingerprint density at radius 3 is 2.42 bits per heavy atom. The summed E-state index contributed by atoms with van der Waals surface area (Å²) in [6.07, 6.45) is 4.56. The molecule has 0 aliphatic carbocycles.